The summed E-state index contributed by atoms with van der Waals surface area (Å²) in [5.41, 5.74) is 3.03. The first-order valence-corrected chi connectivity index (χ1v) is 7.81. The predicted octanol–water partition coefficient (Wildman–Crippen LogP) is 5.51. The van der Waals surface area contributed by atoms with Crippen LogP contribution in [0.3, 0.4) is 0 Å². The Morgan fingerprint density at radius 3 is 2.36 bits per heavy atom. The standard InChI is InChI=1S/C19H20ClNO/c1-3-14(2)16-7-11-18(12-8-16)21-19(22)13-6-15-4-9-17(20)10-5-15/h4-14H,3H2,1-2H3,(H,21,22)/b13-6+. The molecule has 1 N–H and O–H groups in total. The number of carbonyl (C=O) groups excluding carboxylic acids is 1. The molecule has 2 rings (SSSR count). The monoisotopic (exact) mass is 313 g/mol. The SMILES string of the molecule is CCC(C)c1ccc(NC(=O)/C=C/c2ccc(Cl)cc2)cc1. The summed E-state index contributed by atoms with van der Waals surface area (Å²) < 4.78 is 0. The molecule has 0 aromatic heterocycles. The third-order valence-electron chi connectivity index (χ3n) is 3.66. The van der Waals surface area contributed by atoms with Gasteiger partial charge in [-0.15, -0.1) is 0 Å². The molecule has 0 aliphatic rings. The average Bonchev–Trinajstić information content (AvgIpc) is 2.54. The zero-order valence-electron chi connectivity index (χ0n) is 12.8. The second kappa shape index (κ2) is 7.81. The molecule has 0 aliphatic heterocycles. The molecule has 1 atom stereocenters. The van der Waals surface area contributed by atoms with Crippen LogP contribution in [0.4, 0.5) is 5.69 Å². The molecule has 2 aromatic rings. The fourth-order valence-electron chi connectivity index (χ4n) is 2.06. The molecule has 2 aromatic carbocycles. The van der Waals surface area contributed by atoms with Crippen LogP contribution in [-0.2, 0) is 4.79 Å². The molecule has 2 nitrogen and oxygen atoms in total. The topological polar surface area (TPSA) is 29.1 Å². The normalized spacial score (nSPS) is 12.3. The van der Waals surface area contributed by atoms with Crippen LogP contribution in [0, 0.1) is 0 Å². The molecule has 0 fully saturated rings. The van der Waals surface area contributed by atoms with Gasteiger partial charge in [-0.25, -0.2) is 0 Å². The van der Waals surface area contributed by atoms with Crippen molar-refractivity contribution in [2.75, 3.05) is 5.32 Å². The van der Waals surface area contributed by atoms with E-state index in [9.17, 15) is 4.79 Å². The summed E-state index contributed by atoms with van der Waals surface area (Å²) in [6.45, 7) is 4.37. The molecule has 114 valence electrons. The first kappa shape index (κ1) is 16.3. The van der Waals surface area contributed by atoms with Crippen LogP contribution in [-0.4, -0.2) is 5.91 Å². The Kier molecular flexibility index (Phi) is 5.79. The van der Waals surface area contributed by atoms with Gasteiger partial charge in [0.25, 0.3) is 0 Å². The van der Waals surface area contributed by atoms with Crippen molar-refractivity contribution in [3.63, 3.8) is 0 Å². The van der Waals surface area contributed by atoms with Crippen LogP contribution in [0.1, 0.15) is 37.3 Å². The number of anilines is 1. The van der Waals surface area contributed by atoms with Gasteiger partial charge >= 0.3 is 0 Å². The van der Waals surface area contributed by atoms with Gasteiger partial charge < -0.3 is 5.32 Å². The van der Waals surface area contributed by atoms with Crippen molar-refractivity contribution in [2.24, 2.45) is 0 Å². The summed E-state index contributed by atoms with van der Waals surface area (Å²) in [7, 11) is 0. The third kappa shape index (κ3) is 4.74. The highest BCUT2D eigenvalue weighted by Crippen LogP contribution is 2.20. The van der Waals surface area contributed by atoms with Gasteiger partial charge in [0.15, 0.2) is 0 Å². The Balaban J connectivity index is 1.95. The number of halogens is 1. The fraction of sp³-hybridized carbons (Fsp3) is 0.211. The lowest BCUT2D eigenvalue weighted by molar-refractivity contribution is -0.111. The third-order valence-corrected chi connectivity index (χ3v) is 3.91. The van der Waals surface area contributed by atoms with Gasteiger partial charge in [-0.1, -0.05) is 49.7 Å². The van der Waals surface area contributed by atoms with Crippen LogP contribution in [0.25, 0.3) is 6.08 Å². The Labute approximate surface area is 136 Å². The molecule has 0 aliphatic carbocycles. The molecular weight excluding hydrogens is 294 g/mol. The van der Waals surface area contributed by atoms with Crippen LogP contribution in [0.5, 0.6) is 0 Å². The minimum absolute atomic E-state index is 0.147. The van der Waals surface area contributed by atoms with E-state index >= 15 is 0 Å². The molecule has 3 heteroatoms. The highest BCUT2D eigenvalue weighted by atomic mass is 35.5. The van der Waals surface area contributed by atoms with Gasteiger partial charge in [-0.2, -0.15) is 0 Å². The smallest absolute Gasteiger partial charge is 0.248 e. The van der Waals surface area contributed by atoms with E-state index in [2.05, 4.69) is 31.3 Å². The Morgan fingerprint density at radius 2 is 1.77 bits per heavy atom. The van der Waals surface area contributed by atoms with E-state index in [1.165, 1.54) is 11.6 Å². The Bertz CT molecular complexity index is 644. The van der Waals surface area contributed by atoms with Gasteiger partial charge in [0, 0.05) is 16.8 Å². The van der Waals surface area contributed by atoms with E-state index in [0.717, 1.165) is 17.7 Å². The molecule has 0 radical (unpaired) electrons. The number of benzene rings is 2. The minimum atomic E-state index is -0.147. The van der Waals surface area contributed by atoms with Gasteiger partial charge in [0.2, 0.25) is 5.91 Å². The first-order chi connectivity index (χ1) is 10.6. The van der Waals surface area contributed by atoms with E-state index in [4.69, 9.17) is 11.6 Å². The second-order valence-electron chi connectivity index (χ2n) is 5.31. The van der Waals surface area contributed by atoms with Crippen molar-refractivity contribution < 1.29 is 4.79 Å². The second-order valence-corrected chi connectivity index (χ2v) is 5.74. The van der Waals surface area contributed by atoms with Crippen molar-refractivity contribution in [3.05, 3.63) is 70.8 Å². The summed E-state index contributed by atoms with van der Waals surface area (Å²) >= 11 is 5.82. The number of hydrogen-bond acceptors (Lipinski definition) is 1. The lowest BCUT2D eigenvalue weighted by Gasteiger charge is -2.09. The highest BCUT2D eigenvalue weighted by molar-refractivity contribution is 6.30. The van der Waals surface area contributed by atoms with E-state index in [1.807, 2.05) is 24.3 Å². The number of rotatable bonds is 5. The van der Waals surface area contributed by atoms with Crippen molar-refractivity contribution >= 4 is 29.3 Å². The lowest BCUT2D eigenvalue weighted by Crippen LogP contribution is -2.07. The zero-order chi connectivity index (χ0) is 15.9. The van der Waals surface area contributed by atoms with Crippen LogP contribution in [0.2, 0.25) is 5.02 Å². The van der Waals surface area contributed by atoms with Crippen LogP contribution < -0.4 is 5.32 Å². The van der Waals surface area contributed by atoms with Crippen molar-refractivity contribution in [2.45, 2.75) is 26.2 Å². The number of hydrogen-bond donors (Lipinski definition) is 1. The summed E-state index contributed by atoms with van der Waals surface area (Å²) in [5, 5.41) is 3.54. The molecule has 0 heterocycles. The molecule has 0 saturated heterocycles. The summed E-state index contributed by atoms with van der Waals surface area (Å²) in [5.74, 6) is 0.390. The molecule has 22 heavy (non-hydrogen) atoms. The maximum Gasteiger partial charge on any atom is 0.248 e. The summed E-state index contributed by atoms with van der Waals surface area (Å²) in [4.78, 5) is 11.9. The molecular formula is C19H20ClNO. The highest BCUT2D eigenvalue weighted by Gasteiger charge is 2.03. The quantitative estimate of drug-likeness (QED) is 0.725. The van der Waals surface area contributed by atoms with Crippen LogP contribution >= 0.6 is 11.6 Å². The van der Waals surface area contributed by atoms with Gasteiger partial charge in [-0.3, -0.25) is 4.79 Å². The van der Waals surface area contributed by atoms with Gasteiger partial charge in [0.1, 0.15) is 0 Å². The van der Waals surface area contributed by atoms with Gasteiger partial charge in [0.05, 0.1) is 0 Å². The molecule has 0 saturated carbocycles. The predicted molar refractivity (Wildman–Crippen MR) is 94.3 cm³/mol. The maximum absolute atomic E-state index is 11.9. The number of nitrogens with one attached hydrogen (secondary N) is 1. The minimum Gasteiger partial charge on any atom is -0.323 e. The average molecular weight is 314 g/mol. The maximum atomic E-state index is 11.9. The number of carbonyl (C=O) groups is 1. The van der Waals surface area contributed by atoms with E-state index in [0.29, 0.717) is 10.9 Å². The first-order valence-electron chi connectivity index (χ1n) is 7.43. The zero-order valence-corrected chi connectivity index (χ0v) is 13.6. The molecule has 0 spiro atoms. The summed E-state index contributed by atoms with van der Waals surface area (Å²) in [6.07, 6.45) is 4.39. The Morgan fingerprint density at radius 1 is 1.14 bits per heavy atom. The van der Waals surface area contributed by atoms with E-state index < -0.39 is 0 Å². The summed E-state index contributed by atoms with van der Waals surface area (Å²) in [6, 6.07) is 15.3. The van der Waals surface area contributed by atoms with E-state index in [-0.39, 0.29) is 5.91 Å². The molecule has 1 amide bonds. The van der Waals surface area contributed by atoms with Crippen LogP contribution in [0.15, 0.2) is 54.6 Å². The fourth-order valence-corrected chi connectivity index (χ4v) is 2.19. The van der Waals surface area contributed by atoms with Crippen molar-refractivity contribution in [1.29, 1.82) is 0 Å². The number of amides is 1. The Hall–Kier alpha value is -2.06. The van der Waals surface area contributed by atoms with Crippen molar-refractivity contribution in [1.82, 2.24) is 0 Å². The lowest BCUT2D eigenvalue weighted by atomic mass is 9.99. The largest absolute Gasteiger partial charge is 0.323 e. The molecule has 0 bridgehead atoms. The van der Waals surface area contributed by atoms with Crippen molar-refractivity contribution in [3.8, 4) is 0 Å². The van der Waals surface area contributed by atoms with Gasteiger partial charge in [-0.05, 0) is 53.8 Å². The molecule has 1 unspecified atom stereocenters. The van der Waals surface area contributed by atoms with E-state index in [1.54, 1.807) is 18.2 Å².